The van der Waals surface area contributed by atoms with Gasteiger partial charge in [0.15, 0.2) is 11.5 Å². The maximum absolute atomic E-state index is 12.5. The Morgan fingerprint density at radius 1 is 1.00 bits per heavy atom. The summed E-state index contributed by atoms with van der Waals surface area (Å²) in [4.78, 5) is -0.0301. The molecule has 0 amide bonds. The third kappa shape index (κ3) is 4.50. The number of hydrogen-bond donors (Lipinski definition) is 1. The fraction of sp³-hybridized carbons (Fsp3) is 0.250. The number of aryl methyl sites for hydroxylation is 1. The number of ether oxygens (including phenoxy) is 3. The molecule has 6 nitrogen and oxygen atoms in total. The van der Waals surface area contributed by atoms with Gasteiger partial charge in [0.25, 0.3) is 10.0 Å². The van der Waals surface area contributed by atoms with E-state index in [0.29, 0.717) is 11.3 Å². The summed E-state index contributed by atoms with van der Waals surface area (Å²) < 4.78 is 66.3. The van der Waals surface area contributed by atoms with E-state index in [1.807, 2.05) is 0 Å². The first-order chi connectivity index (χ1) is 11.8. The molecule has 2 aromatic carbocycles. The van der Waals surface area contributed by atoms with E-state index in [-0.39, 0.29) is 22.1 Å². The minimum atomic E-state index is -3.90. The number of hydrogen-bond acceptors (Lipinski definition) is 5. The zero-order valence-corrected chi connectivity index (χ0v) is 14.6. The lowest BCUT2D eigenvalue weighted by Gasteiger charge is -2.14. The predicted molar refractivity (Wildman–Crippen MR) is 88.2 cm³/mol. The predicted octanol–water partition coefficient (Wildman–Crippen LogP) is 3.41. The Morgan fingerprint density at radius 3 is 2.24 bits per heavy atom. The summed E-state index contributed by atoms with van der Waals surface area (Å²) in [5.74, 6) is 0.607. The average Bonchev–Trinajstić information content (AvgIpc) is 2.56. The van der Waals surface area contributed by atoms with Crippen LogP contribution < -0.4 is 18.9 Å². The Bertz CT molecular complexity index is 856. The van der Waals surface area contributed by atoms with E-state index < -0.39 is 16.6 Å². The van der Waals surface area contributed by atoms with Gasteiger partial charge in [-0.1, -0.05) is 0 Å². The van der Waals surface area contributed by atoms with E-state index in [2.05, 4.69) is 9.46 Å². The number of nitrogens with one attached hydrogen (secondary N) is 1. The van der Waals surface area contributed by atoms with Gasteiger partial charge in [0, 0.05) is 6.07 Å². The first kappa shape index (κ1) is 18.8. The zero-order valence-electron chi connectivity index (χ0n) is 13.7. The molecule has 0 aliphatic rings. The van der Waals surface area contributed by atoms with Crippen LogP contribution in [0, 0.1) is 6.92 Å². The average molecular weight is 373 g/mol. The van der Waals surface area contributed by atoms with Crippen LogP contribution in [-0.4, -0.2) is 29.2 Å². The van der Waals surface area contributed by atoms with E-state index in [0.717, 1.165) is 0 Å². The van der Waals surface area contributed by atoms with Gasteiger partial charge in [0.1, 0.15) is 5.75 Å². The summed E-state index contributed by atoms with van der Waals surface area (Å²) in [5, 5.41) is 0. The fourth-order valence-corrected chi connectivity index (χ4v) is 3.26. The van der Waals surface area contributed by atoms with Gasteiger partial charge < -0.3 is 14.2 Å². The van der Waals surface area contributed by atoms with E-state index in [4.69, 9.17) is 9.47 Å². The van der Waals surface area contributed by atoms with Crippen molar-refractivity contribution < 1.29 is 31.4 Å². The standard InChI is InChI=1S/C16H17F2NO5S/c1-10-8-11(24-16(17)18)4-6-13(10)19-25(20,21)12-5-7-14(22-2)15(9-12)23-3/h4-9,16,19H,1-3H3. The molecule has 0 atom stereocenters. The van der Waals surface area contributed by atoms with Crippen molar-refractivity contribution in [1.29, 1.82) is 0 Å². The number of rotatable bonds is 7. The van der Waals surface area contributed by atoms with E-state index >= 15 is 0 Å². The summed E-state index contributed by atoms with van der Waals surface area (Å²) >= 11 is 0. The van der Waals surface area contributed by atoms with Crippen molar-refractivity contribution >= 4 is 15.7 Å². The lowest BCUT2D eigenvalue weighted by atomic mass is 10.2. The third-order valence-electron chi connectivity index (χ3n) is 3.33. The second-order valence-corrected chi connectivity index (χ2v) is 6.66. The van der Waals surface area contributed by atoms with Gasteiger partial charge in [0.2, 0.25) is 0 Å². The third-order valence-corrected chi connectivity index (χ3v) is 4.70. The van der Waals surface area contributed by atoms with Crippen molar-refractivity contribution in [3.8, 4) is 17.2 Å². The number of anilines is 1. The number of benzene rings is 2. The molecule has 0 saturated heterocycles. The fourth-order valence-electron chi connectivity index (χ4n) is 2.11. The lowest BCUT2D eigenvalue weighted by Crippen LogP contribution is -2.14. The van der Waals surface area contributed by atoms with Crippen LogP contribution in [0.3, 0.4) is 0 Å². The maximum Gasteiger partial charge on any atom is 0.387 e. The number of alkyl halides is 2. The van der Waals surface area contributed by atoms with Crippen molar-refractivity contribution in [2.75, 3.05) is 18.9 Å². The van der Waals surface area contributed by atoms with E-state index in [1.165, 1.54) is 50.6 Å². The van der Waals surface area contributed by atoms with Crippen molar-refractivity contribution in [2.24, 2.45) is 0 Å². The van der Waals surface area contributed by atoms with Gasteiger partial charge in [-0.15, -0.1) is 0 Å². The molecule has 25 heavy (non-hydrogen) atoms. The van der Waals surface area contributed by atoms with Crippen LogP contribution >= 0.6 is 0 Å². The number of methoxy groups -OCH3 is 2. The van der Waals surface area contributed by atoms with Crippen LogP contribution in [0.2, 0.25) is 0 Å². The van der Waals surface area contributed by atoms with Gasteiger partial charge >= 0.3 is 6.61 Å². The number of sulfonamides is 1. The van der Waals surface area contributed by atoms with Crippen LogP contribution in [0.1, 0.15) is 5.56 Å². The summed E-state index contributed by atoms with van der Waals surface area (Å²) in [7, 11) is -1.07. The molecule has 2 rings (SSSR count). The minimum absolute atomic E-state index is 0.0301. The van der Waals surface area contributed by atoms with Crippen LogP contribution in [0.15, 0.2) is 41.3 Å². The smallest absolute Gasteiger partial charge is 0.387 e. The number of halogens is 2. The molecule has 0 fully saturated rings. The molecule has 0 aromatic heterocycles. The van der Waals surface area contributed by atoms with Gasteiger partial charge in [0.05, 0.1) is 24.8 Å². The summed E-state index contributed by atoms with van der Waals surface area (Å²) in [6.07, 6.45) is 0. The monoisotopic (exact) mass is 373 g/mol. The van der Waals surface area contributed by atoms with Crippen molar-refractivity contribution in [3.05, 3.63) is 42.0 Å². The van der Waals surface area contributed by atoms with Gasteiger partial charge in [-0.2, -0.15) is 8.78 Å². The summed E-state index contributed by atoms with van der Waals surface area (Å²) in [5.41, 5.74) is 0.679. The van der Waals surface area contributed by atoms with Crippen molar-refractivity contribution in [1.82, 2.24) is 0 Å². The minimum Gasteiger partial charge on any atom is -0.493 e. The van der Waals surface area contributed by atoms with E-state index in [9.17, 15) is 17.2 Å². The largest absolute Gasteiger partial charge is 0.493 e. The Kier molecular flexibility index (Phi) is 5.68. The Hall–Kier alpha value is -2.55. The maximum atomic E-state index is 12.5. The molecule has 2 aromatic rings. The van der Waals surface area contributed by atoms with Gasteiger partial charge in [-0.25, -0.2) is 8.42 Å². The second kappa shape index (κ2) is 7.56. The molecular weight excluding hydrogens is 356 g/mol. The first-order valence-corrected chi connectivity index (χ1v) is 8.55. The molecule has 1 N–H and O–H groups in total. The highest BCUT2D eigenvalue weighted by atomic mass is 32.2. The topological polar surface area (TPSA) is 73.9 Å². The molecule has 0 spiro atoms. The van der Waals surface area contributed by atoms with Crippen LogP contribution in [0.25, 0.3) is 0 Å². The summed E-state index contributed by atoms with van der Waals surface area (Å²) in [6, 6.07) is 8.09. The highest BCUT2D eigenvalue weighted by Gasteiger charge is 2.18. The Labute approximate surface area is 144 Å². The molecule has 0 radical (unpaired) electrons. The molecule has 0 heterocycles. The molecule has 136 valence electrons. The summed E-state index contributed by atoms with van der Waals surface area (Å²) in [6.45, 7) is -1.38. The van der Waals surface area contributed by atoms with Crippen LogP contribution in [0.5, 0.6) is 17.2 Å². The second-order valence-electron chi connectivity index (χ2n) is 4.98. The quantitative estimate of drug-likeness (QED) is 0.805. The Morgan fingerprint density at radius 2 is 1.68 bits per heavy atom. The normalized spacial score (nSPS) is 11.3. The highest BCUT2D eigenvalue weighted by molar-refractivity contribution is 7.92. The molecule has 0 saturated carbocycles. The highest BCUT2D eigenvalue weighted by Crippen LogP contribution is 2.31. The molecule has 0 unspecified atom stereocenters. The van der Waals surface area contributed by atoms with Crippen molar-refractivity contribution in [3.63, 3.8) is 0 Å². The lowest BCUT2D eigenvalue weighted by molar-refractivity contribution is -0.0498. The van der Waals surface area contributed by atoms with Gasteiger partial charge in [-0.05, 0) is 42.8 Å². The molecule has 0 aliphatic heterocycles. The first-order valence-electron chi connectivity index (χ1n) is 7.07. The van der Waals surface area contributed by atoms with Crippen molar-refractivity contribution in [2.45, 2.75) is 18.4 Å². The van der Waals surface area contributed by atoms with E-state index in [1.54, 1.807) is 6.92 Å². The molecular formula is C16H17F2NO5S. The Balaban J connectivity index is 2.30. The zero-order chi connectivity index (χ0) is 18.6. The van der Waals surface area contributed by atoms with Gasteiger partial charge in [-0.3, -0.25) is 4.72 Å². The SMILES string of the molecule is COc1ccc(S(=O)(=O)Nc2ccc(OC(F)F)cc2C)cc1OC. The van der Waals surface area contributed by atoms with Crippen LogP contribution in [-0.2, 0) is 10.0 Å². The molecule has 0 aliphatic carbocycles. The molecule has 0 bridgehead atoms. The van der Waals surface area contributed by atoms with Crippen LogP contribution in [0.4, 0.5) is 14.5 Å². The molecule has 9 heteroatoms.